The summed E-state index contributed by atoms with van der Waals surface area (Å²) in [6, 6.07) is 7.71. The average molecular weight is 314 g/mol. The van der Waals surface area contributed by atoms with Crippen LogP contribution in [0.1, 0.15) is 32.3 Å². The van der Waals surface area contributed by atoms with Crippen molar-refractivity contribution < 1.29 is 4.74 Å². The molecule has 0 aliphatic rings. The Bertz CT molecular complexity index is 613. The first-order valence-electron chi connectivity index (χ1n) is 7.72. The van der Waals surface area contributed by atoms with Crippen LogP contribution in [0, 0.1) is 10.8 Å². The van der Waals surface area contributed by atoms with Gasteiger partial charge in [0.1, 0.15) is 5.75 Å². The zero-order valence-corrected chi connectivity index (χ0v) is 13.9. The molecule has 0 radical (unpaired) electrons. The number of allylic oxidation sites excluding steroid dienone is 3. The van der Waals surface area contributed by atoms with Gasteiger partial charge >= 0.3 is 0 Å². The van der Waals surface area contributed by atoms with E-state index in [2.05, 4.69) is 6.92 Å². The molecular formula is C18H26N4O. The number of hydrogen-bond acceptors (Lipinski definition) is 5. The van der Waals surface area contributed by atoms with E-state index in [0.29, 0.717) is 24.3 Å². The summed E-state index contributed by atoms with van der Waals surface area (Å²) in [5, 5.41) is 15.5. The maximum absolute atomic E-state index is 7.94. The third kappa shape index (κ3) is 5.98. The third-order valence-corrected chi connectivity index (χ3v) is 3.29. The molecule has 0 saturated heterocycles. The van der Waals surface area contributed by atoms with E-state index in [0.717, 1.165) is 24.2 Å². The Balaban J connectivity index is 3.01. The van der Waals surface area contributed by atoms with Crippen LogP contribution in [0.4, 0.5) is 0 Å². The maximum Gasteiger partial charge on any atom is 0.122 e. The van der Waals surface area contributed by atoms with Gasteiger partial charge in [0, 0.05) is 18.3 Å². The highest BCUT2D eigenvalue weighted by molar-refractivity contribution is 6.09. The van der Waals surface area contributed by atoms with Crippen LogP contribution in [0.2, 0.25) is 0 Å². The standard InChI is InChI=1S/C18H26N4O/c1-3-4-9-23-17-8-6-5-7-14(17)11-15(12-19)18(22)16(21)10-13(2)20/h5-8,10,12,19,21H,3-4,9,11,20,22H2,1-2H3/b13-10-,18-15-,19-12?,21-16?. The molecule has 0 unspecified atom stereocenters. The van der Waals surface area contributed by atoms with Crippen LogP contribution in [-0.2, 0) is 6.42 Å². The summed E-state index contributed by atoms with van der Waals surface area (Å²) in [6.07, 6.45) is 5.18. The minimum atomic E-state index is 0.118. The van der Waals surface area contributed by atoms with Gasteiger partial charge in [-0.3, -0.25) is 5.41 Å². The lowest BCUT2D eigenvalue weighted by molar-refractivity contribution is 0.307. The van der Waals surface area contributed by atoms with Crippen molar-refractivity contribution >= 4 is 11.9 Å². The summed E-state index contributed by atoms with van der Waals surface area (Å²) in [4.78, 5) is 0. The Hall–Kier alpha value is -2.56. The lowest BCUT2D eigenvalue weighted by Gasteiger charge is -2.13. The molecule has 6 N–H and O–H groups in total. The van der Waals surface area contributed by atoms with Crippen molar-refractivity contribution in [1.82, 2.24) is 0 Å². The molecular weight excluding hydrogens is 288 g/mol. The molecule has 0 atom stereocenters. The van der Waals surface area contributed by atoms with Crippen LogP contribution in [-0.4, -0.2) is 18.5 Å². The summed E-state index contributed by atoms with van der Waals surface area (Å²) in [5.41, 5.74) is 14.0. The Labute approximate surface area is 138 Å². The lowest BCUT2D eigenvalue weighted by Crippen LogP contribution is -2.15. The lowest BCUT2D eigenvalue weighted by atomic mass is 10.0. The topological polar surface area (TPSA) is 109 Å². The summed E-state index contributed by atoms with van der Waals surface area (Å²) in [7, 11) is 0. The largest absolute Gasteiger partial charge is 0.493 e. The second-order valence-corrected chi connectivity index (χ2v) is 5.37. The van der Waals surface area contributed by atoms with Crippen molar-refractivity contribution in [1.29, 1.82) is 10.8 Å². The molecule has 0 heterocycles. The van der Waals surface area contributed by atoms with Crippen molar-refractivity contribution in [3.63, 3.8) is 0 Å². The number of nitrogens with one attached hydrogen (secondary N) is 2. The van der Waals surface area contributed by atoms with Gasteiger partial charge in [-0.2, -0.15) is 0 Å². The minimum absolute atomic E-state index is 0.118. The minimum Gasteiger partial charge on any atom is -0.493 e. The maximum atomic E-state index is 7.94. The van der Waals surface area contributed by atoms with Gasteiger partial charge in [-0.15, -0.1) is 0 Å². The highest BCUT2D eigenvalue weighted by Crippen LogP contribution is 2.22. The fraction of sp³-hybridized carbons (Fsp3) is 0.333. The van der Waals surface area contributed by atoms with Crippen molar-refractivity contribution in [2.24, 2.45) is 11.5 Å². The average Bonchev–Trinajstić information content (AvgIpc) is 2.52. The van der Waals surface area contributed by atoms with Crippen LogP contribution < -0.4 is 16.2 Å². The van der Waals surface area contributed by atoms with Gasteiger partial charge < -0.3 is 21.6 Å². The molecule has 5 nitrogen and oxygen atoms in total. The van der Waals surface area contributed by atoms with E-state index in [-0.39, 0.29) is 11.4 Å². The number of ether oxygens (including phenoxy) is 1. The van der Waals surface area contributed by atoms with E-state index in [4.69, 9.17) is 27.0 Å². The van der Waals surface area contributed by atoms with E-state index in [1.54, 1.807) is 6.92 Å². The van der Waals surface area contributed by atoms with E-state index in [1.165, 1.54) is 12.3 Å². The first kappa shape index (κ1) is 18.5. The highest BCUT2D eigenvalue weighted by Gasteiger charge is 2.10. The molecule has 0 amide bonds. The summed E-state index contributed by atoms with van der Waals surface area (Å²) in [5.74, 6) is 0.796. The van der Waals surface area contributed by atoms with Crippen LogP contribution >= 0.6 is 0 Å². The van der Waals surface area contributed by atoms with E-state index in [1.807, 2.05) is 24.3 Å². The Kier molecular flexibility index (Phi) is 7.60. The highest BCUT2D eigenvalue weighted by atomic mass is 16.5. The van der Waals surface area contributed by atoms with Crippen LogP contribution in [0.15, 0.2) is 47.3 Å². The number of unbranched alkanes of at least 4 members (excludes halogenated alkanes) is 1. The number of benzene rings is 1. The molecule has 23 heavy (non-hydrogen) atoms. The van der Waals surface area contributed by atoms with Gasteiger partial charge in [0.25, 0.3) is 0 Å². The van der Waals surface area contributed by atoms with Gasteiger partial charge in [0.05, 0.1) is 18.0 Å². The van der Waals surface area contributed by atoms with E-state index >= 15 is 0 Å². The second kappa shape index (κ2) is 9.46. The van der Waals surface area contributed by atoms with Gasteiger partial charge in [-0.1, -0.05) is 31.5 Å². The van der Waals surface area contributed by atoms with Crippen LogP contribution in [0.25, 0.3) is 0 Å². The molecule has 1 rings (SSSR count). The molecule has 124 valence electrons. The smallest absolute Gasteiger partial charge is 0.122 e. The SMILES string of the molecule is CCCCOc1ccccc1C/C(C=N)=C(/N)C(=N)/C=C(/C)N. The summed E-state index contributed by atoms with van der Waals surface area (Å²) >= 11 is 0. The van der Waals surface area contributed by atoms with E-state index in [9.17, 15) is 0 Å². The van der Waals surface area contributed by atoms with Gasteiger partial charge in [0.15, 0.2) is 0 Å². The fourth-order valence-electron chi connectivity index (χ4n) is 2.02. The third-order valence-electron chi connectivity index (χ3n) is 3.29. The number of hydrogen-bond donors (Lipinski definition) is 4. The first-order valence-corrected chi connectivity index (χ1v) is 7.72. The van der Waals surface area contributed by atoms with Crippen LogP contribution in [0.5, 0.6) is 5.75 Å². The molecule has 0 fully saturated rings. The van der Waals surface area contributed by atoms with Crippen molar-refractivity contribution in [3.05, 3.63) is 52.9 Å². The predicted octanol–water partition coefficient (Wildman–Crippen LogP) is 3.15. The van der Waals surface area contributed by atoms with Crippen molar-refractivity contribution in [2.45, 2.75) is 33.1 Å². The first-order chi connectivity index (χ1) is 11.0. The number of para-hydroxylation sites is 1. The van der Waals surface area contributed by atoms with Gasteiger partial charge in [-0.05, 0) is 36.6 Å². The normalized spacial score (nSPS) is 12.5. The molecule has 1 aromatic carbocycles. The molecule has 0 aliphatic carbocycles. The van der Waals surface area contributed by atoms with Gasteiger partial charge in [-0.25, -0.2) is 0 Å². The molecule has 1 aromatic rings. The van der Waals surface area contributed by atoms with Crippen molar-refractivity contribution in [3.8, 4) is 5.75 Å². The number of rotatable bonds is 9. The second-order valence-electron chi connectivity index (χ2n) is 5.37. The molecule has 0 aliphatic heterocycles. The fourth-order valence-corrected chi connectivity index (χ4v) is 2.02. The Morgan fingerprint density at radius 3 is 2.57 bits per heavy atom. The molecule has 0 bridgehead atoms. The molecule has 5 heteroatoms. The van der Waals surface area contributed by atoms with Gasteiger partial charge in [0.2, 0.25) is 0 Å². The zero-order chi connectivity index (χ0) is 17.2. The van der Waals surface area contributed by atoms with Crippen molar-refractivity contribution in [2.75, 3.05) is 6.61 Å². The Morgan fingerprint density at radius 2 is 1.96 bits per heavy atom. The number of nitrogens with two attached hydrogens (primary N) is 2. The quantitative estimate of drug-likeness (QED) is 0.415. The summed E-state index contributed by atoms with van der Waals surface area (Å²) < 4.78 is 5.80. The molecule has 0 aromatic heterocycles. The summed E-state index contributed by atoms with van der Waals surface area (Å²) in [6.45, 7) is 4.48. The molecule has 0 saturated carbocycles. The zero-order valence-electron chi connectivity index (χ0n) is 13.9. The van der Waals surface area contributed by atoms with E-state index < -0.39 is 0 Å². The predicted molar refractivity (Wildman–Crippen MR) is 96.2 cm³/mol. The monoisotopic (exact) mass is 314 g/mol. The van der Waals surface area contributed by atoms with Crippen LogP contribution in [0.3, 0.4) is 0 Å². The molecule has 0 spiro atoms. The Morgan fingerprint density at radius 1 is 1.26 bits per heavy atom.